The van der Waals surface area contributed by atoms with Crippen LogP contribution in [0.1, 0.15) is 34.7 Å². The number of nitrogens with zero attached hydrogens (tertiary/aromatic N) is 1. The highest BCUT2D eigenvalue weighted by atomic mass is 19.1. The summed E-state index contributed by atoms with van der Waals surface area (Å²) in [5.41, 5.74) is 11.0. The molecule has 2 aromatic rings. The fourth-order valence-electron chi connectivity index (χ4n) is 2.75. The van der Waals surface area contributed by atoms with E-state index in [0.717, 1.165) is 12.0 Å². The van der Waals surface area contributed by atoms with Gasteiger partial charge < -0.3 is 5.73 Å². The topological polar surface area (TPSA) is 38.9 Å². The van der Waals surface area contributed by atoms with Crippen LogP contribution >= 0.6 is 0 Å². The molecule has 0 saturated heterocycles. The van der Waals surface area contributed by atoms with E-state index >= 15 is 0 Å². The Bertz CT molecular complexity index is 595. The largest absolute Gasteiger partial charge is 0.324 e. The van der Waals surface area contributed by atoms with Crippen LogP contribution in [0.25, 0.3) is 0 Å². The van der Waals surface area contributed by atoms with Crippen LogP contribution in [0.15, 0.2) is 36.7 Å². The molecule has 1 aliphatic rings. The third kappa shape index (κ3) is 2.66. The van der Waals surface area contributed by atoms with Crippen molar-refractivity contribution < 1.29 is 4.39 Å². The first-order valence-electron chi connectivity index (χ1n) is 6.69. The van der Waals surface area contributed by atoms with Gasteiger partial charge in [-0.05, 0) is 54.0 Å². The highest BCUT2D eigenvalue weighted by Crippen LogP contribution is 2.24. The summed E-state index contributed by atoms with van der Waals surface area (Å²) in [4.78, 5) is 3.85. The van der Waals surface area contributed by atoms with Crippen molar-refractivity contribution >= 4 is 0 Å². The minimum atomic E-state index is -0.332. The number of pyridine rings is 1. The Labute approximate surface area is 112 Å². The summed E-state index contributed by atoms with van der Waals surface area (Å²) >= 11 is 0. The molecule has 3 heteroatoms. The van der Waals surface area contributed by atoms with Gasteiger partial charge in [-0.2, -0.15) is 0 Å². The van der Waals surface area contributed by atoms with E-state index in [2.05, 4.69) is 23.2 Å². The van der Waals surface area contributed by atoms with Gasteiger partial charge in [-0.25, -0.2) is 4.39 Å². The molecule has 2 nitrogen and oxygen atoms in total. The van der Waals surface area contributed by atoms with Gasteiger partial charge in [0.05, 0.1) is 6.20 Å². The first-order chi connectivity index (χ1) is 9.22. The summed E-state index contributed by atoms with van der Waals surface area (Å²) in [7, 11) is 0. The van der Waals surface area contributed by atoms with Crippen LogP contribution < -0.4 is 5.73 Å². The second-order valence-corrected chi connectivity index (χ2v) is 5.20. The lowest BCUT2D eigenvalue weighted by atomic mass is 9.98. The lowest BCUT2D eigenvalue weighted by molar-refractivity contribution is 0.610. The summed E-state index contributed by atoms with van der Waals surface area (Å²) in [5, 5.41) is 0. The van der Waals surface area contributed by atoms with E-state index in [1.165, 1.54) is 48.2 Å². The minimum absolute atomic E-state index is 0.206. The summed E-state index contributed by atoms with van der Waals surface area (Å²) < 4.78 is 13.1. The zero-order valence-corrected chi connectivity index (χ0v) is 10.8. The number of halogens is 1. The number of fused-ring (bicyclic) bond motifs is 1. The van der Waals surface area contributed by atoms with Crippen molar-refractivity contribution in [2.24, 2.45) is 5.73 Å². The van der Waals surface area contributed by atoms with E-state index in [1.807, 2.05) is 0 Å². The lowest BCUT2D eigenvalue weighted by Gasteiger charge is -2.12. The quantitative estimate of drug-likeness (QED) is 0.917. The molecular weight excluding hydrogens is 239 g/mol. The van der Waals surface area contributed by atoms with Gasteiger partial charge in [0, 0.05) is 12.2 Å². The molecule has 1 aromatic carbocycles. The third-order valence-electron chi connectivity index (χ3n) is 3.77. The van der Waals surface area contributed by atoms with Crippen molar-refractivity contribution in [1.82, 2.24) is 4.98 Å². The van der Waals surface area contributed by atoms with Crippen LogP contribution in [0.4, 0.5) is 4.39 Å². The van der Waals surface area contributed by atoms with Crippen LogP contribution in [0.2, 0.25) is 0 Å². The van der Waals surface area contributed by atoms with E-state index in [1.54, 1.807) is 6.20 Å². The second-order valence-electron chi connectivity index (χ2n) is 5.20. The molecule has 0 bridgehead atoms. The summed E-state index contributed by atoms with van der Waals surface area (Å²) in [6.07, 6.45) is 7.17. The molecule has 1 aromatic heterocycles. The normalized spacial score (nSPS) is 15.3. The number of hydrogen-bond donors (Lipinski definition) is 1. The zero-order valence-electron chi connectivity index (χ0n) is 10.8. The SMILES string of the molecule is NC(Cc1ccc2c(c1)CCC2)c1cncc(F)c1. The van der Waals surface area contributed by atoms with Gasteiger partial charge in [-0.15, -0.1) is 0 Å². The fourth-order valence-corrected chi connectivity index (χ4v) is 2.75. The fraction of sp³-hybridized carbons (Fsp3) is 0.312. The predicted molar refractivity (Wildman–Crippen MR) is 73.3 cm³/mol. The van der Waals surface area contributed by atoms with E-state index < -0.39 is 0 Å². The Hall–Kier alpha value is -1.74. The van der Waals surface area contributed by atoms with Gasteiger partial charge in [-0.1, -0.05) is 18.2 Å². The highest BCUT2D eigenvalue weighted by Gasteiger charge is 2.13. The molecule has 1 unspecified atom stereocenters. The van der Waals surface area contributed by atoms with E-state index in [0.29, 0.717) is 0 Å². The number of aryl methyl sites for hydroxylation is 2. The first kappa shape index (κ1) is 12.3. The Balaban J connectivity index is 1.77. The molecule has 0 fully saturated rings. The molecule has 3 rings (SSSR count). The predicted octanol–water partition coefficient (Wildman–Crippen LogP) is 2.95. The van der Waals surface area contributed by atoms with Crippen molar-refractivity contribution in [2.45, 2.75) is 31.7 Å². The molecule has 0 aliphatic heterocycles. The van der Waals surface area contributed by atoms with Crippen molar-refractivity contribution in [2.75, 3.05) is 0 Å². The van der Waals surface area contributed by atoms with E-state index in [9.17, 15) is 4.39 Å². The molecule has 19 heavy (non-hydrogen) atoms. The van der Waals surface area contributed by atoms with Gasteiger partial charge in [0.2, 0.25) is 0 Å². The summed E-state index contributed by atoms with van der Waals surface area (Å²) in [6, 6.07) is 7.84. The monoisotopic (exact) mass is 256 g/mol. The van der Waals surface area contributed by atoms with Gasteiger partial charge in [-0.3, -0.25) is 4.98 Å². The molecule has 2 N–H and O–H groups in total. The van der Waals surface area contributed by atoms with Crippen LogP contribution in [0.3, 0.4) is 0 Å². The summed E-state index contributed by atoms with van der Waals surface area (Å²) in [5.74, 6) is -0.332. The Morgan fingerprint density at radius 1 is 1.16 bits per heavy atom. The molecule has 0 amide bonds. The van der Waals surface area contributed by atoms with Crippen LogP contribution in [-0.2, 0) is 19.3 Å². The van der Waals surface area contributed by atoms with Crippen molar-refractivity contribution in [1.29, 1.82) is 0 Å². The average Bonchev–Trinajstić information content (AvgIpc) is 2.86. The maximum Gasteiger partial charge on any atom is 0.141 e. The molecule has 98 valence electrons. The number of nitrogens with two attached hydrogens (primary N) is 1. The molecule has 0 radical (unpaired) electrons. The van der Waals surface area contributed by atoms with Crippen molar-refractivity contribution in [3.8, 4) is 0 Å². The van der Waals surface area contributed by atoms with E-state index in [4.69, 9.17) is 5.73 Å². The second kappa shape index (κ2) is 5.10. The highest BCUT2D eigenvalue weighted by molar-refractivity contribution is 5.36. The van der Waals surface area contributed by atoms with Crippen LogP contribution in [0.5, 0.6) is 0 Å². The van der Waals surface area contributed by atoms with Gasteiger partial charge in [0.15, 0.2) is 0 Å². The van der Waals surface area contributed by atoms with Gasteiger partial charge in [0.1, 0.15) is 5.82 Å². The molecule has 0 saturated carbocycles. The standard InChI is InChI=1S/C16H17FN2/c17-15-8-14(9-19-10-15)16(18)7-11-4-5-12-2-1-3-13(12)6-11/h4-6,8-10,16H,1-3,7,18H2. The molecule has 1 aliphatic carbocycles. The molecule has 1 heterocycles. The smallest absolute Gasteiger partial charge is 0.141 e. The van der Waals surface area contributed by atoms with Crippen LogP contribution in [-0.4, -0.2) is 4.98 Å². The Morgan fingerprint density at radius 3 is 2.84 bits per heavy atom. The molecule has 1 atom stereocenters. The van der Waals surface area contributed by atoms with Crippen molar-refractivity contribution in [3.05, 3.63) is 64.7 Å². The Kier molecular flexibility index (Phi) is 3.30. The third-order valence-corrected chi connectivity index (χ3v) is 3.77. The maximum atomic E-state index is 13.1. The van der Waals surface area contributed by atoms with Crippen LogP contribution in [0, 0.1) is 5.82 Å². The number of rotatable bonds is 3. The zero-order chi connectivity index (χ0) is 13.2. The van der Waals surface area contributed by atoms with Gasteiger partial charge >= 0.3 is 0 Å². The Morgan fingerprint density at radius 2 is 2.00 bits per heavy atom. The van der Waals surface area contributed by atoms with Gasteiger partial charge in [0.25, 0.3) is 0 Å². The first-order valence-corrected chi connectivity index (χ1v) is 6.69. The summed E-state index contributed by atoms with van der Waals surface area (Å²) in [6.45, 7) is 0. The number of hydrogen-bond acceptors (Lipinski definition) is 2. The molecular formula is C16H17FN2. The number of aromatic nitrogens is 1. The average molecular weight is 256 g/mol. The number of benzene rings is 1. The minimum Gasteiger partial charge on any atom is -0.324 e. The van der Waals surface area contributed by atoms with Crippen molar-refractivity contribution in [3.63, 3.8) is 0 Å². The lowest BCUT2D eigenvalue weighted by Crippen LogP contribution is -2.14. The molecule has 0 spiro atoms. The maximum absolute atomic E-state index is 13.1. The van der Waals surface area contributed by atoms with E-state index in [-0.39, 0.29) is 11.9 Å².